The van der Waals surface area contributed by atoms with Gasteiger partial charge in [0.15, 0.2) is 0 Å². The van der Waals surface area contributed by atoms with Crippen LogP contribution in [0.1, 0.15) is 19.4 Å². The normalized spacial score (nSPS) is 12.2. The minimum atomic E-state index is -0.242. The molecule has 0 saturated heterocycles. The molecule has 0 heterocycles. The van der Waals surface area contributed by atoms with Gasteiger partial charge in [0, 0.05) is 19.5 Å². The first-order valence-electron chi connectivity index (χ1n) is 5.54. The lowest BCUT2D eigenvalue weighted by Gasteiger charge is -2.19. The van der Waals surface area contributed by atoms with E-state index in [-0.39, 0.29) is 17.6 Å². The topological polar surface area (TPSA) is 20.3 Å². The van der Waals surface area contributed by atoms with E-state index in [0.29, 0.717) is 13.0 Å². The molecule has 0 radical (unpaired) electrons. The van der Waals surface area contributed by atoms with Gasteiger partial charge in [-0.25, -0.2) is 4.39 Å². The minimum Gasteiger partial charge on any atom is -0.346 e. The van der Waals surface area contributed by atoms with Crippen molar-refractivity contribution in [3.8, 4) is 0 Å². The fraction of sp³-hybridized carbons (Fsp3) is 0.462. The van der Waals surface area contributed by atoms with Gasteiger partial charge >= 0.3 is 0 Å². The molecule has 2 nitrogen and oxygen atoms in total. The molecule has 88 valence electrons. The van der Waals surface area contributed by atoms with E-state index in [1.807, 2.05) is 13.8 Å². The third-order valence-electron chi connectivity index (χ3n) is 2.73. The van der Waals surface area contributed by atoms with Gasteiger partial charge in [-0.3, -0.25) is 4.79 Å². The summed E-state index contributed by atoms with van der Waals surface area (Å²) < 4.78 is 12.7. The lowest BCUT2D eigenvalue weighted by Crippen LogP contribution is -2.32. The van der Waals surface area contributed by atoms with Gasteiger partial charge in [0.1, 0.15) is 5.82 Å². The maximum absolute atomic E-state index is 12.7. The van der Waals surface area contributed by atoms with Crippen LogP contribution in [0.15, 0.2) is 24.3 Å². The molecule has 3 heteroatoms. The Labute approximate surface area is 96.1 Å². The highest BCUT2D eigenvalue weighted by Gasteiger charge is 2.16. The van der Waals surface area contributed by atoms with Crippen LogP contribution >= 0.6 is 0 Å². The lowest BCUT2D eigenvalue weighted by molar-refractivity contribution is -0.133. The smallest absolute Gasteiger partial charge is 0.225 e. The van der Waals surface area contributed by atoms with Crippen molar-refractivity contribution in [2.75, 3.05) is 13.6 Å². The van der Waals surface area contributed by atoms with Gasteiger partial charge in [-0.1, -0.05) is 19.1 Å². The molecule has 16 heavy (non-hydrogen) atoms. The quantitative estimate of drug-likeness (QED) is 0.768. The van der Waals surface area contributed by atoms with Crippen LogP contribution in [0, 0.1) is 11.7 Å². The summed E-state index contributed by atoms with van der Waals surface area (Å²) in [5.41, 5.74) is 0.992. The third-order valence-corrected chi connectivity index (χ3v) is 2.73. The molecule has 0 aromatic heterocycles. The van der Waals surface area contributed by atoms with Gasteiger partial charge in [0.25, 0.3) is 0 Å². The number of rotatable bonds is 4. The average Bonchev–Trinajstić information content (AvgIpc) is 2.30. The summed E-state index contributed by atoms with van der Waals surface area (Å²) in [6.07, 6.45) is 0.656. The number of nitrogens with zero attached hydrogens (tertiary/aromatic N) is 1. The fourth-order valence-corrected chi connectivity index (χ4v) is 1.59. The van der Waals surface area contributed by atoms with Crippen LogP contribution in [0.4, 0.5) is 4.39 Å². The molecule has 1 unspecified atom stereocenters. The Morgan fingerprint density at radius 3 is 2.44 bits per heavy atom. The van der Waals surface area contributed by atoms with Crippen LogP contribution in [0.3, 0.4) is 0 Å². The summed E-state index contributed by atoms with van der Waals surface area (Å²) in [6, 6.07) is 6.31. The molecule has 0 bridgehead atoms. The molecule has 0 aliphatic heterocycles. The van der Waals surface area contributed by atoms with Gasteiger partial charge in [-0.2, -0.15) is 0 Å². The Morgan fingerprint density at radius 2 is 1.94 bits per heavy atom. The van der Waals surface area contributed by atoms with E-state index in [1.165, 1.54) is 12.1 Å². The maximum atomic E-state index is 12.7. The van der Waals surface area contributed by atoms with Crippen LogP contribution in [0.5, 0.6) is 0 Å². The molecule has 0 aliphatic carbocycles. The van der Waals surface area contributed by atoms with Crippen molar-refractivity contribution in [3.05, 3.63) is 35.6 Å². The average molecular weight is 223 g/mol. The monoisotopic (exact) mass is 223 g/mol. The Balaban J connectivity index is 2.60. The van der Waals surface area contributed by atoms with Crippen molar-refractivity contribution in [2.24, 2.45) is 5.92 Å². The highest BCUT2D eigenvalue weighted by atomic mass is 19.1. The Hall–Kier alpha value is -1.38. The van der Waals surface area contributed by atoms with E-state index in [1.54, 1.807) is 24.1 Å². The first-order valence-corrected chi connectivity index (χ1v) is 5.54. The molecule has 1 rings (SSSR count). The van der Waals surface area contributed by atoms with Crippen LogP contribution in [-0.4, -0.2) is 24.4 Å². The summed E-state index contributed by atoms with van der Waals surface area (Å²) >= 11 is 0. The van der Waals surface area contributed by atoms with Crippen LogP contribution < -0.4 is 0 Å². The molecular formula is C13H18FNO. The van der Waals surface area contributed by atoms with Crippen LogP contribution in [-0.2, 0) is 11.2 Å². The van der Waals surface area contributed by atoms with E-state index >= 15 is 0 Å². The molecule has 0 aliphatic rings. The van der Waals surface area contributed by atoms with Crippen molar-refractivity contribution in [2.45, 2.75) is 20.3 Å². The van der Waals surface area contributed by atoms with E-state index in [0.717, 1.165) is 5.56 Å². The molecule has 1 aromatic carbocycles. The highest BCUT2D eigenvalue weighted by Crippen LogP contribution is 2.11. The summed E-state index contributed by atoms with van der Waals surface area (Å²) in [5.74, 6) is -0.171. The zero-order valence-electron chi connectivity index (χ0n) is 10.0. The van der Waals surface area contributed by atoms with Gasteiger partial charge in [-0.15, -0.1) is 0 Å². The number of hydrogen-bond donors (Lipinski definition) is 0. The Bertz CT molecular complexity index is 347. The van der Waals surface area contributed by atoms with Gasteiger partial charge in [0.05, 0.1) is 0 Å². The molecule has 0 spiro atoms. The summed E-state index contributed by atoms with van der Waals surface area (Å²) in [7, 11) is 1.80. The summed E-state index contributed by atoms with van der Waals surface area (Å²) in [5, 5.41) is 0. The Kier molecular flexibility index (Phi) is 4.47. The number of carbonyl (C=O) groups excluding carboxylic acids is 1. The highest BCUT2D eigenvalue weighted by molar-refractivity contribution is 5.78. The maximum Gasteiger partial charge on any atom is 0.225 e. The summed E-state index contributed by atoms with van der Waals surface area (Å²) in [4.78, 5) is 13.5. The minimum absolute atomic E-state index is 0.0598. The second-order valence-corrected chi connectivity index (χ2v) is 4.08. The van der Waals surface area contributed by atoms with Crippen molar-refractivity contribution < 1.29 is 9.18 Å². The van der Waals surface area contributed by atoms with Gasteiger partial charge in [-0.05, 0) is 31.0 Å². The second-order valence-electron chi connectivity index (χ2n) is 4.08. The second kappa shape index (κ2) is 5.64. The van der Waals surface area contributed by atoms with Crippen molar-refractivity contribution in [3.63, 3.8) is 0 Å². The van der Waals surface area contributed by atoms with Gasteiger partial charge < -0.3 is 4.90 Å². The van der Waals surface area contributed by atoms with Crippen LogP contribution in [0.25, 0.3) is 0 Å². The predicted octanol–water partition coefficient (Wildman–Crippen LogP) is 2.48. The summed E-state index contributed by atoms with van der Waals surface area (Å²) in [6.45, 7) is 4.56. The van der Waals surface area contributed by atoms with Crippen LogP contribution in [0.2, 0.25) is 0 Å². The van der Waals surface area contributed by atoms with Crippen molar-refractivity contribution in [1.82, 2.24) is 4.90 Å². The molecular weight excluding hydrogens is 205 g/mol. The number of halogens is 1. The number of amides is 1. The third kappa shape index (κ3) is 3.33. The molecule has 1 aromatic rings. The zero-order valence-corrected chi connectivity index (χ0v) is 10.0. The van der Waals surface area contributed by atoms with E-state index < -0.39 is 0 Å². The molecule has 0 saturated carbocycles. The van der Waals surface area contributed by atoms with E-state index in [9.17, 15) is 9.18 Å². The number of hydrogen-bond acceptors (Lipinski definition) is 1. The van der Waals surface area contributed by atoms with E-state index in [2.05, 4.69) is 0 Å². The van der Waals surface area contributed by atoms with Gasteiger partial charge in [0.2, 0.25) is 5.91 Å². The molecule has 0 fully saturated rings. The largest absolute Gasteiger partial charge is 0.346 e. The zero-order chi connectivity index (χ0) is 12.1. The number of carbonyl (C=O) groups is 1. The van der Waals surface area contributed by atoms with E-state index in [4.69, 9.17) is 0 Å². The van der Waals surface area contributed by atoms with Crippen molar-refractivity contribution in [1.29, 1.82) is 0 Å². The first-order chi connectivity index (χ1) is 7.54. The van der Waals surface area contributed by atoms with Crippen molar-refractivity contribution >= 4 is 5.91 Å². The Morgan fingerprint density at radius 1 is 1.38 bits per heavy atom. The standard InChI is InChI=1S/C13H18FNO/c1-4-15(3)13(16)10(2)9-11-5-7-12(14)8-6-11/h5-8,10H,4,9H2,1-3H3. The molecule has 1 atom stereocenters. The first kappa shape index (κ1) is 12.7. The SMILES string of the molecule is CCN(C)C(=O)C(C)Cc1ccc(F)cc1. The predicted molar refractivity (Wildman–Crippen MR) is 62.6 cm³/mol. The lowest BCUT2D eigenvalue weighted by atomic mass is 10.00. The number of benzene rings is 1. The molecule has 1 amide bonds. The fourth-order valence-electron chi connectivity index (χ4n) is 1.59. The molecule has 0 N–H and O–H groups in total.